The minimum absolute atomic E-state index is 0.0269. The number of hydrogen-bond donors (Lipinski definition) is 2. The third-order valence-corrected chi connectivity index (χ3v) is 3.88. The Morgan fingerprint density at radius 1 is 1.09 bits per heavy atom. The Kier molecular flexibility index (Phi) is 5.32. The van der Waals surface area contributed by atoms with E-state index in [1.165, 1.54) is 0 Å². The maximum absolute atomic E-state index is 12.3. The predicted molar refractivity (Wildman–Crippen MR) is 98.5 cm³/mol. The van der Waals surface area contributed by atoms with Crippen LogP contribution in [0.1, 0.15) is 31.9 Å². The number of halogens is 1. The molecule has 0 aliphatic heterocycles. The lowest BCUT2D eigenvalue weighted by atomic mass is 9.86. The molecule has 0 bridgehead atoms. The first kappa shape index (κ1) is 17.4. The molecule has 0 atom stereocenters. The fraction of sp³-hybridized carbons (Fsp3) is 0.316. The van der Waals surface area contributed by atoms with Crippen LogP contribution in [0.2, 0.25) is 5.02 Å². The van der Waals surface area contributed by atoms with Gasteiger partial charge in [0, 0.05) is 16.4 Å². The molecule has 0 fully saturated rings. The van der Waals surface area contributed by atoms with Gasteiger partial charge in [-0.2, -0.15) is 0 Å². The summed E-state index contributed by atoms with van der Waals surface area (Å²) >= 11 is 5.99. The molecule has 0 saturated heterocycles. The van der Waals surface area contributed by atoms with E-state index in [1.807, 2.05) is 49.4 Å². The largest absolute Gasteiger partial charge is 0.376 e. The van der Waals surface area contributed by atoms with Crippen LogP contribution in [-0.2, 0) is 10.2 Å². The fourth-order valence-corrected chi connectivity index (χ4v) is 2.57. The number of carbonyl (C=O) groups is 1. The van der Waals surface area contributed by atoms with Gasteiger partial charge in [-0.1, -0.05) is 56.6 Å². The van der Waals surface area contributed by atoms with E-state index in [4.69, 9.17) is 11.6 Å². The third kappa shape index (κ3) is 4.73. The molecule has 0 aromatic heterocycles. The minimum Gasteiger partial charge on any atom is -0.376 e. The maximum atomic E-state index is 12.3. The van der Waals surface area contributed by atoms with E-state index in [9.17, 15) is 4.79 Å². The average Bonchev–Trinajstić information content (AvgIpc) is 2.47. The molecule has 1 amide bonds. The van der Waals surface area contributed by atoms with Gasteiger partial charge in [-0.15, -0.1) is 0 Å². The molecule has 4 heteroatoms. The summed E-state index contributed by atoms with van der Waals surface area (Å²) in [6.45, 7) is 8.56. The number of anilines is 2. The van der Waals surface area contributed by atoms with Gasteiger partial charge in [0.2, 0.25) is 5.91 Å². The summed E-state index contributed by atoms with van der Waals surface area (Å²) in [5.74, 6) is -0.0823. The van der Waals surface area contributed by atoms with Crippen LogP contribution in [0, 0.1) is 6.92 Å². The standard InChI is InChI=1S/C19H23ClN2O/c1-13-9-10-14(20)11-17(13)21-12-18(23)22-16-8-6-5-7-15(16)19(2,3)4/h5-11,21H,12H2,1-4H3,(H,22,23). The van der Waals surface area contributed by atoms with Gasteiger partial charge >= 0.3 is 0 Å². The van der Waals surface area contributed by atoms with E-state index in [1.54, 1.807) is 0 Å². The smallest absolute Gasteiger partial charge is 0.243 e. The van der Waals surface area contributed by atoms with Gasteiger partial charge in [0.15, 0.2) is 0 Å². The number of nitrogens with one attached hydrogen (secondary N) is 2. The molecule has 0 saturated carbocycles. The summed E-state index contributed by atoms with van der Waals surface area (Å²) < 4.78 is 0. The van der Waals surface area contributed by atoms with Crippen LogP contribution >= 0.6 is 11.6 Å². The second kappa shape index (κ2) is 7.05. The summed E-state index contributed by atoms with van der Waals surface area (Å²) in [5, 5.41) is 6.77. The van der Waals surface area contributed by atoms with Crippen molar-refractivity contribution < 1.29 is 4.79 Å². The Morgan fingerprint density at radius 2 is 1.78 bits per heavy atom. The first-order chi connectivity index (χ1) is 10.8. The molecule has 122 valence electrons. The summed E-state index contributed by atoms with van der Waals surface area (Å²) in [5.41, 5.74) is 3.87. The third-order valence-electron chi connectivity index (χ3n) is 3.65. The van der Waals surface area contributed by atoms with E-state index in [-0.39, 0.29) is 17.9 Å². The van der Waals surface area contributed by atoms with E-state index < -0.39 is 0 Å². The lowest BCUT2D eigenvalue weighted by molar-refractivity contribution is -0.114. The van der Waals surface area contributed by atoms with Crippen LogP contribution in [0.25, 0.3) is 0 Å². The van der Waals surface area contributed by atoms with Crippen LogP contribution in [0.3, 0.4) is 0 Å². The number of carbonyl (C=O) groups excluding carboxylic acids is 1. The van der Waals surface area contributed by atoms with Crippen molar-refractivity contribution in [2.24, 2.45) is 0 Å². The van der Waals surface area contributed by atoms with Gasteiger partial charge in [0.1, 0.15) is 0 Å². The molecular weight excluding hydrogens is 308 g/mol. The van der Waals surface area contributed by atoms with Crippen LogP contribution in [-0.4, -0.2) is 12.5 Å². The second-order valence-electron chi connectivity index (χ2n) is 6.66. The van der Waals surface area contributed by atoms with E-state index >= 15 is 0 Å². The first-order valence-electron chi connectivity index (χ1n) is 7.67. The van der Waals surface area contributed by atoms with Crippen molar-refractivity contribution >= 4 is 28.9 Å². The van der Waals surface area contributed by atoms with Crippen LogP contribution in [0.4, 0.5) is 11.4 Å². The zero-order chi connectivity index (χ0) is 17.0. The first-order valence-corrected chi connectivity index (χ1v) is 8.04. The highest BCUT2D eigenvalue weighted by Crippen LogP contribution is 2.29. The van der Waals surface area contributed by atoms with E-state index in [2.05, 4.69) is 31.4 Å². The van der Waals surface area contributed by atoms with Gasteiger partial charge in [-0.3, -0.25) is 4.79 Å². The van der Waals surface area contributed by atoms with Crippen LogP contribution in [0.5, 0.6) is 0 Å². The normalized spacial score (nSPS) is 11.2. The number of para-hydroxylation sites is 1. The SMILES string of the molecule is Cc1ccc(Cl)cc1NCC(=O)Nc1ccccc1C(C)(C)C. The fourth-order valence-electron chi connectivity index (χ4n) is 2.40. The Bertz CT molecular complexity index is 705. The molecule has 2 rings (SSSR count). The lowest BCUT2D eigenvalue weighted by Crippen LogP contribution is -2.24. The van der Waals surface area contributed by atoms with Crippen LogP contribution < -0.4 is 10.6 Å². The van der Waals surface area contributed by atoms with E-state index in [0.29, 0.717) is 5.02 Å². The summed E-state index contributed by atoms with van der Waals surface area (Å²) in [7, 11) is 0. The van der Waals surface area contributed by atoms with Gasteiger partial charge in [-0.05, 0) is 41.7 Å². The highest BCUT2D eigenvalue weighted by atomic mass is 35.5. The molecule has 0 unspecified atom stereocenters. The highest BCUT2D eigenvalue weighted by Gasteiger charge is 2.18. The van der Waals surface area contributed by atoms with Gasteiger partial charge in [0.25, 0.3) is 0 Å². The summed E-state index contributed by atoms with van der Waals surface area (Å²) in [6, 6.07) is 13.5. The van der Waals surface area contributed by atoms with Crippen molar-refractivity contribution in [1.82, 2.24) is 0 Å². The Morgan fingerprint density at radius 3 is 2.48 bits per heavy atom. The van der Waals surface area contributed by atoms with Crippen molar-refractivity contribution in [2.75, 3.05) is 17.2 Å². The molecular formula is C19H23ClN2O. The number of amides is 1. The van der Waals surface area contributed by atoms with Crippen molar-refractivity contribution in [3.63, 3.8) is 0 Å². The highest BCUT2D eigenvalue weighted by molar-refractivity contribution is 6.30. The number of hydrogen-bond acceptors (Lipinski definition) is 2. The Labute approximate surface area is 143 Å². The van der Waals surface area contributed by atoms with Crippen molar-refractivity contribution in [1.29, 1.82) is 0 Å². The minimum atomic E-state index is -0.0823. The lowest BCUT2D eigenvalue weighted by Gasteiger charge is -2.23. The number of benzene rings is 2. The van der Waals surface area contributed by atoms with Gasteiger partial charge < -0.3 is 10.6 Å². The Hall–Kier alpha value is -2.00. The predicted octanol–water partition coefficient (Wildman–Crippen LogP) is 5.00. The quantitative estimate of drug-likeness (QED) is 0.828. The molecule has 2 N–H and O–H groups in total. The summed E-state index contributed by atoms with van der Waals surface area (Å²) in [4.78, 5) is 12.3. The van der Waals surface area contributed by atoms with Crippen molar-refractivity contribution in [3.8, 4) is 0 Å². The molecule has 0 spiro atoms. The van der Waals surface area contributed by atoms with E-state index in [0.717, 1.165) is 22.5 Å². The monoisotopic (exact) mass is 330 g/mol. The summed E-state index contributed by atoms with van der Waals surface area (Å²) in [6.07, 6.45) is 0. The van der Waals surface area contributed by atoms with Gasteiger partial charge in [0.05, 0.1) is 6.54 Å². The average molecular weight is 331 g/mol. The van der Waals surface area contributed by atoms with Crippen molar-refractivity contribution in [3.05, 3.63) is 58.6 Å². The molecule has 3 nitrogen and oxygen atoms in total. The van der Waals surface area contributed by atoms with Crippen molar-refractivity contribution in [2.45, 2.75) is 33.1 Å². The number of aryl methyl sites for hydroxylation is 1. The Balaban J connectivity index is 2.05. The molecule has 0 heterocycles. The molecule has 0 aliphatic rings. The zero-order valence-corrected chi connectivity index (χ0v) is 14.8. The maximum Gasteiger partial charge on any atom is 0.243 e. The molecule has 0 radical (unpaired) electrons. The molecule has 0 aliphatic carbocycles. The topological polar surface area (TPSA) is 41.1 Å². The molecule has 23 heavy (non-hydrogen) atoms. The second-order valence-corrected chi connectivity index (χ2v) is 7.09. The molecule has 2 aromatic rings. The van der Waals surface area contributed by atoms with Gasteiger partial charge in [-0.25, -0.2) is 0 Å². The number of rotatable bonds is 4. The molecule has 2 aromatic carbocycles. The van der Waals surface area contributed by atoms with Crippen LogP contribution in [0.15, 0.2) is 42.5 Å². The zero-order valence-electron chi connectivity index (χ0n) is 14.0.